The van der Waals surface area contributed by atoms with Gasteiger partial charge in [0.2, 0.25) is 0 Å². The zero-order valence-electron chi connectivity index (χ0n) is 10.9. The largest absolute Gasteiger partial charge is 0.476 e. The molecule has 0 bridgehead atoms. The number of aryl methyl sites for hydroxylation is 2. The molecule has 2 aromatic rings. The molecule has 4 heteroatoms. The predicted molar refractivity (Wildman–Crippen MR) is 76.7 cm³/mol. The van der Waals surface area contributed by atoms with Crippen LogP contribution < -0.4 is 0 Å². The number of benzene rings is 1. The number of hydrogen-bond acceptors (Lipinski definition) is 3. The van der Waals surface area contributed by atoms with Crippen molar-refractivity contribution in [3.05, 3.63) is 58.9 Å². The molecule has 0 aliphatic heterocycles. The first-order chi connectivity index (χ1) is 9.06. The fourth-order valence-corrected chi connectivity index (χ4v) is 2.92. The number of carboxylic acid groups (broad SMARTS) is 1. The van der Waals surface area contributed by atoms with Gasteiger partial charge in [0.05, 0.1) is 0 Å². The summed E-state index contributed by atoms with van der Waals surface area (Å²) >= 11 is 1.50. The fourth-order valence-electron chi connectivity index (χ4n) is 1.98. The Balaban J connectivity index is 2.16. The molecule has 1 N–H and O–H groups in total. The number of aromatic carboxylic acids is 1. The highest BCUT2D eigenvalue weighted by Gasteiger charge is 2.11. The number of rotatable bonds is 4. The highest BCUT2D eigenvalue weighted by atomic mass is 32.2. The third kappa shape index (κ3) is 3.58. The Labute approximate surface area is 116 Å². The van der Waals surface area contributed by atoms with E-state index in [1.807, 2.05) is 0 Å². The monoisotopic (exact) mass is 273 g/mol. The van der Waals surface area contributed by atoms with Gasteiger partial charge in [-0.25, -0.2) is 9.78 Å². The Kier molecular flexibility index (Phi) is 4.22. The maximum absolute atomic E-state index is 11.1. The van der Waals surface area contributed by atoms with E-state index in [9.17, 15) is 4.79 Å². The molecule has 1 heterocycles. The molecule has 3 nitrogen and oxygen atoms in total. The van der Waals surface area contributed by atoms with Crippen molar-refractivity contribution in [3.8, 4) is 0 Å². The lowest BCUT2D eigenvalue weighted by atomic mass is 10.1. The van der Waals surface area contributed by atoms with E-state index in [0.29, 0.717) is 4.90 Å². The average molecular weight is 273 g/mol. The summed E-state index contributed by atoms with van der Waals surface area (Å²) in [4.78, 5) is 15.7. The van der Waals surface area contributed by atoms with E-state index in [0.717, 1.165) is 5.75 Å². The number of aromatic nitrogens is 1. The summed E-state index contributed by atoms with van der Waals surface area (Å²) < 4.78 is 0. The summed E-state index contributed by atoms with van der Waals surface area (Å²) in [7, 11) is 0. The van der Waals surface area contributed by atoms with Gasteiger partial charge in [-0.3, -0.25) is 0 Å². The maximum atomic E-state index is 11.1. The number of carbonyl (C=O) groups is 1. The number of thioether (sulfide) groups is 1. The standard InChI is InChI=1S/C15H15NO2S/c1-10-6-11(2)8-12(7-10)9-19-13-4-3-5-16-14(13)15(17)18/h3-8H,9H2,1-2H3,(H,17,18). The van der Waals surface area contributed by atoms with Crippen LogP contribution in [0, 0.1) is 13.8 Å². The zero-order chi connectivity index (χ0) is 13.8. The van der Waals surface area contributed by atoms with E-state index in [-0.39, 0.29) is 5.69 Å². The van der Waals surface area contributed by atoms with Crippen LogP contribution >= 0.6 is 11.8 Å². The van der Waals surface area contributed by atoms with E-state index in [1.54, 1.807) is 12.1 Å². The first kappa shape index (κ1) is 13.6. The lowest BCUT2D eigenvalue weighted by Gasteiger charge is -2.06. The SMILES string of the molecule is Cc1cc(C)cc(CSc2cccnc2C(=O)O)c1. The van der Waals surface area contributed by atoms with Crippen LogP contribution in [0.2, 0.25) is 0 Å². The van der Waals surface area contributed by atoms with Gasteiger partial charge in [-0.2, -0.15) is 0 Å². The van der Waals surface area contributed by atoms with Crippen molar-refractivity contribution in [1.82, 2.24) is 4.98 Å². The number of hydrogen-bond donors (Lipinski definition) is 1. The second kappa shape index (κ2) is 5.89. The van der Waals surface area contributed by atoms with E-state index in [2.05, 4.69) is 37.0 Å². The van der Waals surface area contributed by atoms with Gasteiger partial charge in [-0.1, -0.05) is 29.3 Å². The van der Waals surface area contributed by atoms with Crippen LogP contribution in [0.5, 0.6) is 0 Å². The van der Waals surface area contributed by atoms with Crippen molar-refractivity contribution >= 4 is 17.7 Å². The van der Waals surface area contributed by atoms with Crippen molar-refractivity contribution in [2.75, 3.05) is 0 Å². The Hall–Kier alpha value is -1.81. The van der Waals surface area contributed by atoms with Crippen LogP contribution in [-0.4, -0.2) is 16.1 Å². The van der Waals surface area contributed by atoms with Crippen LogP contribution in [0.15, 0.2) is 41.4 Å². The Morgan fingerprint density at radius 1 is 1.26 bits per heavy atom. The molecule has 0 saturated carbocycles. The molecule has 98 valence electrons. The molecule has 0 aliphatic rings. The predicted octanol–water partition coefficient (Wildman–Crippen LogP) is 3.69. The normalized spacial score (nSPS) is 10.4. The van der Waals surface area contributed by atoms with Crippen LogP contribution in [-0.2, 0) is 5.75 Å². The molecular formula is C15H15NO2S. The number of pyridine rings is 1. The minimum absolute atomic E-state index is 0.122. The van der Waals surface area contributed by atoms with Gasteiger partial charge in [-0.15, -0.1) is 11.8 Å². The molecule has 0 aliphatic carbocycles. The molecular weight excluding hydrogens is 258 g/mol. The van der Waals surface area contributed by atoms with E-state index in [1.165, 1.54) is 34.6 Å². The van der Waals surface area contributed by atoms with Gasteiger partial charge in [0.25, 0.3) is 0 Å². The van der Waals surface area contributed by atoms with Crippen molar-refractivity contribution < 1.29 is 9.90 Å². The summed E-state index contributed by atoms with van der Waals surface area (Å²) in [5.74, 6) is -0.238. The summed E-state index contributed by atoms with van der Waals surface area (Å²) in [6.45, 7) is 4.13. The topological polar surface area (TPSA) is 50.2 Å². The van der Waals surface area contributed by atoms with Gasteiger partial charge < -0.3 is 5.11 Å². The minimum Gasteiger partial charge on any atom is -0.476 e. The van der Waals surface area contributed by atoms with Crippen LogP contribution in [0.25, 0.3) is 0 Å². The number of carboxylic acids is 1. The van der Waals surface area contributed by atoms with E-state index < -0.39 is 5.97 Å². The summed E-state index contributed by atoms with van der Waals surface area (Å²) in [5.41, 5.74) is 3.76. The molecule has 2 rings (SSSR count). The van der Waals surface area contributed by atoms with Crippen molar-refractivity contribution in [3.63, 3.8) is 0 Å². The van der Waals surface area contributed by atoms with E-state index >= 15 is 0 Å². The molecule has 0 radical (unpaired) electrons. The molecule has 0 spiro atoms. The quantitative estimate of drug-likeness (QED) is 0.863. The summed E-state index contributed by atoms with van der Waals surface area (Å²) in [6, 6.07) is 9.93. The molecule has 1 aromatic heterocycles. The maximum Gasteiger partial charge on any atom is 0.355 e. The summed E-state index contributed by atoms with van der Waals surface area (Å²) in [5, 5.41) is 9.08. The Bertz CT molecular complexity index is 591. The molecule has 0 unspecified atom stereocenters. The smallest absolute Gasteiger partial charge is 0.355 e. The fraction of sp³-hybridized carbons (Fsp3) is 0.200. The number of nitrogens with zero attached hydrogens (tertiary/aromatic N) is 1. The second-order valence-corrected chi connectivity index (χ2v) is 5.46. The first-order valence-electron chi connectivity index (χ1n) is 5.94. The van der Waals surface area contributed by atoms with Crippen molar-refractivity contribution in [2.24, 2.45) is 0 Å². The lowest BCUT2D eigenvalue weighted by molar-refractivity contribution is 0.0686. The minimum atomic E-state index is -0.983. The molecule has 0 fully saturated rings. The van der Waals surface area contributed by atoms with Gasteiger partial charge >= 0.3 is 5.97 Å². The van der Waals surface area contributed by atoms with Crippen molar-refractivity contribution in [2.45, 2.75) is 24.5 Å². The molecule has 0 atom stereocenters. The Morgan fingerprint density at radius 3 is 2.58 bits per heavy atom. The van der Waals surface area contributed by atoms with Crippen molar-refractivity contribution in [1.29, 1.82) is 0 Å². The molecule has 0 amide bonds. The first-order valence-corrected chi connectivity index (χ1v) is 6.93. The molecule has 0 saturated heterocycles. The van der Waals surface area contributed by atoms with E-state index in [4.69, 9.17) is 5.11 Å². The van der Waals surface area contributed by atoms with Crippen LogP contribution in [0.1, 0.15) is 27.2 Å². The highest BCUT2D eigenvalue weighted by Crippen LogP contribution is 2.25. The Morgan fingerprint density at radius 2 is 1.95 bits per heavy atom. The van der Waals surface area contributed by atoms with Crippen LogP contribution in [0.4, 0.5) is 0 Å². The summed E-state index contributed by atoms with van der Waals surface area (Å²) in [6.07, 6.45) is 1.50. The average Bonchev–Trinajstić information content (AvgIpc) is 2.35. The lowest BCUT2D eigenvalue weighted by Crippen LogP contribution is -2.01. The molecule has 19 heavy (non-hydrogen) atoms. The van der Waals surface area contributed by atoms with Gasteiger partial charge in [0.15, 0.2) is 5.69 Å². The zero-order valence-corrected chi connectivity index (χ0v) is 11.7. The highest BCUT2D eigenvalue weighted by molar-refractivity contribution is 7.98. The van der Waals surface area contributed by atoms with Crippen LogP contribution in [0.3, 0.4) is 0 Å². The second-order valence-electron chi connectivity index (χ2n) is 4.44. The van der Waals surface area contributed by atoms with Gasteiger partial charge in [0.1, 0.15) is 0 Å². The third-order valence-corrected chi connectivity index (χ3v) is 3.77. The van der Waals surface area contributed by atoms with Gasteiger partial charge in [0, 0.05) is 16.8 Å². The third-order valence-electron chi connectivity index (χ3n) is 2.65. The molecule has 1 aromatic carbocycles. The van der Waals surface area contributed by atoms with Gasteiger partial charge in [-0.05, 0) is 31.5 Å².